The molecular weight excluding hydrogens is 310 g/mol. The molecule has 0 saturated heterocycles. The molecule has 5 nitrogen and oxygen atoms in total. The minimum absolute atomic E-state index is 0.153. The van der Waals surface area contributed by atoms with Crippen molar-refractivity contribution in [3.05, 3.63) is 10.8 Å². The number of aromatic nitrogens is 2. The van der Waals surface area contributed by atoms with Crippen LogP contribution in [0.1, 0.15) is 34.1 Å². The first-order valence-electron chi connectivity index (χ1n) is 6.45. The second-order valence-corrected chi connectivity index (χ2v) is 5.87. The van der Waals surface area contributed by atoms with Crippen LogP contribution in [0.25, 0.3) is 0 Å². The molecule has 19 heavy (non-hydrogen) atoms. The Labute approximate surface area is 123 Å². The lowest BCUT2D eigenvalue weighted by Crippen LogP contribution is -2.22. The number of rotatable bonds is 7. The smallest absolute Gasteiger partial charge is 0.233 e. The Morgan fingerprint density at radius 3 is 2.63 bits per heavy atom. The molecule has 0 aliphatic rings. The van der Waals surface area contributed by atoms with Crippen molar-refractivity contribution in [1.82, 2.24) is 9.97 Å². The molecule has 0 spiro atoms. The number of ether oxygens (including phenoxy) is 2. The number of hydrogen-bond acceptors (Lipinski definition) is 5. The molecule has 0 radical (unpaired) electrons. The maximum Gasteiger partial charge on any atom is 0.233 e. The molecule has 0 amide bonds. The van der Waals surface area contributed by atoms with Gasteiger partial charge in [0.15, 0.2) is 0 Å². The average molecular weight is 332 g/mol. The van der Waals surface area contributed by atoms with Crippen molar-refractivity contribution in [3.8, 4) is 5.88 Å². The predicted octanol–water partition coefficient (Wildman–Crippen LogP) is 3.25. The summed E-state index contributed by atoms with van der Waals surface area (Å²) in [4.78, 5) is 8.27. The first-order chi connectivity index (χ1) is 8.94. The van der Waals surface area contributed by atoms with Gasteiger partial charge in [0.2, 0.25) is 5.88 Å². The lowest BCUT2D eigenvalue weighted by molar-refractivity contribution is -0.0169. The van der Waals surface area contributed by atoms with Crippen LogP contribution in [0.3, 0.4) is 0 Å². The topological polar surface area (TPSA) is 56.3 Å². The van der Waals surface area contributed by atoms with E-state index in [4.69, 9.17) is 9.47 Å². The second-order valence-electron chi connectivity index (χ2n) is 5.08. The summed E-state index contributed by atoms with van der Waals surface area (Å²) in [6, 6.07) is 0. The first kappa shape index (κ1) is 16.2. The van der Waals surface area contributed by atoms with Crippen LogP contribution < -0.4 is 10.1 Å². The maximum absolute atomic E-state index is 5.59. The van der Waals surface area contributed by atoms with Crippen LogP contribution in [0.4, 0.5) is 5.82 Å². The molecule has 0 unspecified atom stereocenters. The molecule has 0 saturated carbocycles. The van der Waals surface area contributed by atoms with Gasteiger partial charge in [-0.1, -0.05) is 6.92 Å². The number of anilines is 1. The summed E-state index contributed by atoms with van der Waals surface area (Å²) in [7, 11) is 0. The lowest BCUT2D eigenvalue weighted by Gasteiger charge is -2.19. The van der Waals surface area contributed by atoms with Crippen molar-refractivity contribution in [1.29, 1.82) is 0 Å². The molecule has 0 aliphatic heterocycles. The van der Waals surface area contributed by atoms with Gasteiger partial charge in [0.1, 0.15) is 23.2 Å². The van der Waals surface area contributed by atoms with E-state index in [1.807, 2.05) is 20.8 Å². The van der Waals surface area contributed by atoms with E-state index in [1.165, 1.54) is 6.33 Å². The average Bonchev–Trinajstić information content (AvgIpc) is 2.33. The lowest BCUT2D eigenvalue weighted by atomic mass is 10.2. The van der Waals surface area contributed by atoms with Gasteiger partial charge in [-0.15, -0.1) is 0 Å². The highest BCUT2D eigenvalue weighted by Crippen LogP contribution is 2.28. The van der Waals surface area contributed by atoms with Gasteiger partial charge in [-0.2, -0.15) is 0 Å². The molecule has 0 aliphatic carbocycles. The van der Waals surface area contributed by atoms with Crippen LogP contribution in [-0.2, 0) is 4.74 Å². The summed E-state index contributed by atoms with van der Waals surface area (Å²) in [5.74, 6) is 1.29. The number of nitrogens with zero attached hydrogens (tertiary/aromatic N) is 2. The van der Waals surface area contributed by atoms with E-state index in [0.717, 1.165) is 23.3 Å². The third-order valence-electron chi connectivity index (χ3n) is 2.16. The van der Waals surface area contributed by atoms with Gasteiger partial charge in [-0.05, 0) is 43.1 Å². The fourth-order valence-electron chi connectivity index (χ4n) is 1.31. The predicted molar refractivity (Wildman–Crippen MR) is 79.7 cm³/mol. The number of hydrogen-bond donors (Lipinski definition) is 1. The van der Waals surface area contributed by atoms with Gasteiger partial charge < -0.3 is 14.8 Å². The summed E-state index contributed by atoms with van der Waals surface area (Å²) in [6.45, 7) is 9.99. The largest absolute Gasteiger partial charge is 0.474 e. The van der Waals surface area contributed by atoms with Gasteiger partial charge >= 0.3 is 0 Å². The van der Waals surface area contributed by atoms with Crippen LogP contribution in [0.5, 0.6) is 5.88 Å². The van der Waals surface area contributed by atoms with Gasteiger partial charge in [0.25, 0.3) is 0 Å². The summed E-state index contributed by atoms with van der Waals surface area (Å²) in [5.41, 5.74) is -0.153. The van der Waals surface area contributed by atoms with E-state index in [1.54, 1.807) is 0 Å². The SMILES string of the molecule is CCCNc1ncnc(OCCOC(C)(C)C)c1Br. The summed E-state index contributed by atoms with van der Waals surface area (Å²) in [5, 5.41) is 3.21. The Morgan fingerprint density at radius 1 is 1.26 bits per heavy atom. The summed E-state index contributed by atoms with van der Waals surface area (Å²) in [6.07, 6.45) is 2.52. The van der Waals surface area contributed by atoms with Gasteiger partial charge in [-0.25, -0.2) is 9.97 Å². The van der Waals surface area contributed by atoms with E-state index in [0.29, 0.717) is 19.1 Å². The third-order valence-corrected chi connectivity index (χ3v) is 2.87. The standard InChI is InChI=1S/C13H22BrN3O2/c1-5-6-15-11-10(14)12(17-9-16-11)18-7-8-19-13(2,3)4/h9H,5-8H2,1-4H3,(H,15,16,17). The quantitative estimate of drug-likeness (QED) is 0.777. The van der Waals surface area contributed by atoms with Crippen molar-refractivity contribution in [3.63, 3.8) is 0 Å². The molecule has 0 aromatic carbocycles. The molecule has 6 heteroatoms. The van der Waals surface area contributed by atoms with E-state index in [2.05, 4.69) is 38.1 Å². The zero-order valence-electron chi connectivity index (χ0n) is 12.0. The second kappa shape index (κ2) is 7.65. The van der Waals surface area contributed by atoms with Gasteiger partial charge in [0.05, 0.1) is 12.2 Å². The number of halogens is 1. The molecule has 108 valence electrons. The van der Waals surface area contributed by atoms with Gasteiger partial charge in [0, 0.05) is 6.54 Å². The van der Waals surface area contributed by atoms with Crippen molar-refractivity contribution < 1.29 is 9.47 Å². The van der Waals surface area contributed by atoms with Crippen molar-refractivity contribution in [2.75, 3.05) is 25.1 Å². The van der Waals surface area contributed by atoms with Crippen LogP contribution in [0, 0.1) is 0 Å². The van der Waals surface area contributed by atoms with E-state index >= 15 is 0 Å². The zero-order chi connectivity index (χ0) is 14.3. The zero-order valence-corrected chi connectivity index (χ0v) is 13.6. The highest BCUT2D eigenvalue weighted by molar-refractivity contribution is 9.10. The van der Waals surface area contributed by atoms with Gasteiger partial charge in [-0.3, -0.25) is 0 Å². The highest BCUT2D eigenvalue weighted by atomic mass is 79.9. The molecule has 0 bridgehead atoms. The molecule has 1 aromatic heterocycles. The molecule has 1 N–H and O–H groups in total. The highest BCUT2D eigenvalue weighted by Gasteiger charge is 2.12. The van der Waals surface area contributed by atoms with Crippen LogP contribution in [0.15, 0.2) is 10.8 Å². The Balaban J connectivity index is 2.49. The normalized spacial score (nSPS) is 11.4. The Kier molecular flexibility index (Phi) is 6.51. The third kappa shape index (κ3) is 6.20. The molecular formula is C13H22BrN3O2. The Bertz CT molecular complexity index is 394. The minimum Gasteiger partial charge on any atom is -0.474 e. The van der Waals surface area contributed by atoms with Crippen LogP contribution >= 0.6 is 15.9 Å². The van der Waals surface area contributed by atoms with E-state index < -0.39 is 0 Å². The van der Waals surface area contributed by atoms with Crippen LogP contribution in [-0.4, -0.2) is 35.3 Å². The fourth-order valence-corrected chi connectivity index (χ4v) is 1.77. The molecule has 0 atom stereocenters. The first-order valence-corrected chi connectivity index (χ1v) is 7.24. The molecule has 0 fully saturated rings. The minimum atomic E-state index is -0.153. The molecule has 1 heterocycles. The Hall–Kier alpha value is -0.880. The number of nitrogens with one attached hydrogen (secondary N) is 1. The molecule has 1 aromatic rings. The van der Waals surface area contributed by atoms with Crippen molar-refractivity contribution in [2.24, 2.45) is 0 Å². The summed E-state index contributed by atoms with van der Waals surface area (Å²) < 4.78 is 11.9. The molecule has 1 rings (SSSR count). The maximum atomic E-state index is 5.59. The van der Waals surface area contributed by atoms with E-state index in [9.17, 15) is 0 Å². The fraction of sp³-hybridized carbons (Fsp3) is 0.692. The van der Waals surface area contributed by atoms with E-state index in [-0.39, 0.29) is 5.60 Å². The Morgan fingerprint density at radius 2 is 2.00 bits per heavy atom. The van der Waals surface area contributed by atoms with Crippen molar-refractivity contribution >= 4 is 21.7 Å². The van der Waals surface area contributed by atoms with Crippen LogP contribution in [0.2, 0.25) is 0 Å². The summed E-state index contributed by atoms with van der Waals surface area (Å²) >= 11 is 3.45. The van der Waals surface area contributed by atoms with Crippen molar-refractivity contribution in [2.45, 2.75) is 39.7 Å². The monoisotopic (exact) mass is 331 g/mol.